The van der Waals surface area contributed by atoms with E-state index < -0.39 is 5.97 Å². The summed E-state index contributed by atoms with van der Waals surface area (Å²) >= 11 is 0. The van der Waals surface area contributed by atoms with Gasteiger partial charge in [0, 0.05) is 0 Å². The van der Waals surface area contributed by atoms with Crippen molar-refractivity contribution in [2.24, 2.45) is 0 Å². The third-order valence-corrected chi connectivity index (χ3v) is 1.83. The first-order valence-corrected chi connectivity index (χ1v) is 4.30. The van der Waals surface area contributed by atoms with E-state index in [0.29, 0.717) is 6.54 Å². The number of hydrogen-bond acceptors (Lipinski definition) is 5. The monoisotopic (exact) mass is 207 g/mol. The van der Waals surface area contributed by atoms with Gasteiger partial charge in [-0.3, -0.25) is 0 Å². The van der Waals surface area contributed by atoms with Crippen molar-refractivity contribution >= 4 is 5.97 Å². The molecule has 6 nitrogen and oxygen atoms in total. The van der Waals surface area contributed by atoms with E-state index in [2.05, 4.69) is 15.0 Å². The summed E-state index contributed by atoms with van der Waals surface area (Å²) in [6.07, 6.45) is 3.09. The number of nitrogens with zero attached hydrogens (tertiary/aromatic N) is 3. The van der Waals surface area contributed by atoms with E-state index in [1.807, 2.05) is 6.07 Å². The standard InChI is InChI=1S/C9H9N3O3/c1-14-9(13)8-6-12(11-10-8)5-7-3-2-4-15-7/h2-4,6H,5H2,1H3. The van der Waals surface area contributed by atoms with Gasteiger partial charge in [0.05, 0.1) is 19.6 Å². The number of carbonyl (C=O) groups is 1. The lowest BCUT2D eigenvalue weighted by Gasteiger charge is -1.94. The van der Waals surface area contributed by atoms with Crippen LogP contribution in [0.25, 0.3) is 0 Å². The summed E-state index contributed by atoms with van der Waals surface area (Å²) in [4.78, 5) is 11.1. The first kappa shape index (κ1) is 9.45. The summed E-state index contributed by atoms with van der Waals surface area (Å²) < 4.78 is 11.1. The Labute approximate surface area is 85.4 Å². The fourth-order valence-corrected chi connectivity index (χ4v) is 1.14. The van der Waals surface area contributed by atoms with Crippen molar-refractivity contribution in [1.82, 2.24) is 15.0 Å². The molecule has 6 heteroatoms. The fraction of sp³-hybridized carbons (Fsp3) is 0.222. The van der Waals surface area contributed by atoms with Gasteiger partial charge in [0.25, 0.3) is 0 Å². The minimum Gasteiger partial charge on any atom is -0.467 e. The molecule has 0 saturated heterocycles. The molecule has 0 spiro atoms. The van der Waals surface area contributed by atoms with Crippen molar-refractivity contribution in [2.75, 3.05) is 7.11 Å². The van der Waals surface area contributed by atoms with Crippen LogP contribution < -0.4 is 0 Å². The Morgan fingerprint density at radius 3 is 3.20 bits per heavy atom. The lowest BCUT2D eigenvalue weighted by molar-refractivity contribution is 0.0594. The molecule has 0 radical (unpaired) electrons. The van der Waals surface area contributed by atoms with E-state index in [9.17, 15) is 4.79 Å². The molecule has 0 aliphatic heterocycles. The van der Waals surface area contributed by atoms with Crippen LogP contribution in [0.2, 0.25) is 0 Å². The molecular weight excluding hydrogens is 198 g/mol. The molecule has 0 aliphatic rings. The minimum atomic E-state index is -0.499. The van der Waals surface area contributed by atoms with Gasteiger partial charge in [0.2, 0.25) is 0 Å². The van der Waals surface area contributed by atoms with E-state index in [4.69, 9.17) is 4.42 Å². The highest BCUT2D eigenvalue weighted by molar-refractivity contribution is 5.86. The molecule has 2 aromatic heterocycles. The maximum absolute atomic E-state index is 11.1. The quantitative estimate of drug-likeness (QED) is 0.693. The topological polar surface area (TPSA) is 70.2 Å². The molecule has 15 heavy (non-hydrogen) atoms. The molecule has 0 aliphatic carbocycles. The zero-order valence-electron chi connectivity index (χ0n) is 8.08. The van der Waals surface area contributed by atoms with E-state index in [-0.39, 0.29) is 5.69 Å². The van der Waals surface area contributed by atoms with Gasteiger partial charge in [-0.15, -0.1) is 5.10 Å². The molecule has 2 heterocycles. The Hall–Kier alpha value is -2.11. The van der Waals surface area contributed by atoms with E-state index in [1.54, 1.807) is 12.3 Å². The predicted molar refractivity (Wildman–Crippen MR) is 49.2 cm³/mol. The van der Waals surface area contributed by atoms with Crippen LogP contribution >= 0.6 is 0 Å². The third kappa shape index (κ3) is 2.04. The molecular formula is C9H9N3O3. The van der Waals surface area contributed by atoms with Gasteiger partial charge in [-0.2, -0.15) is 0 Å². The minimum absolute atomic E-state index is 0.184. The maximum atomic E-state index is 11.1. The number of furan rings is 1. The van der Waals surface area contributed by atoms with Gasteiger partial charge in [-0.05, 0) is 12.1 Å². The molecule has 0 unspecified atom stereocenters. The summed E-state index contributed by atoms with van der Waals surface area (Å²) in [7, 11) is 1.30. The van der Waals surface area contributed by atoms with Gasteiger partial charge >= 0.3 is 5.97 Å². The van der Waals surface area contributed by atoms with Crippen molar-refractivity contribution < 1.29 is 13.9 Å². The number of methoxy groups -OCH3 is 1. The maximum Gasteiger partial charge on any atom is 0.360 e. The van der Waals surface area contributed by atoms with Gasteiger partial charge in [-0.1, -0.05) is 5.21 Å². The summed E-state index contributed by atoms with van der Waals surface area (Å²) in [6, 6.07) is 3.60. The lowest BCUT2D eigenvalue weighted by Crippen LogP contribution is -2.01. The Kier molecular flexibility index (Phi) is 2.49. The molecule has 0 aromatic carbocycles. The van der Waals surface area contributed by atoms with Gasteiger partial charge in [0.1, 0.15) is 12.3 Å². The second-order valence-corrected chi connectivity index (χ2v) is 2.87. The summed E-state index contributed by atoms with van der Waals surface area (Å²) in [6.45, 7) is 0.441. The first-order valence-electron chi connectivity index (χ1n) is 4.30. The second-order valence-electron chi connectivity index (χ2n) is 2.87. The van der Waals surface area contributed by atoms with Crippen LogP contribution in [0.4, 0.5) is 0 Å². The third-order valence-electron chi connectivity index (χ3n) is 1.83. The molecule has 78 valence electrons. The Morgan fingerprint density at radius 2 is 2.53 bits per heavy atom. The largest absolute Gasteiger partial charge is 0.467 e. The fourth-order valence-electron chi connectivity index (χ4n) is 1.14. The zero-order chi connectivity index (χ0) is 10.7. The Morgan fingerprint density at radius 1 is 1.67 bits per heavy atom. The molecule has 0 atom stereocenters. The summed E-state index contributed by atoms with van der Waals surface area (Å²) in [5.74, 6) is 0.247. The molecule has 0 amide bonds. The van der Waals surface area contributed by atoms with Gasteiger partial charge < -0.3 is 9.15 Å². The van der Waals surface area contributed by atoms with Crippen molar-refractivity contribution in [2.45, 2.75) is 6.54 Å². The lowest BCUT2D eigenvalue weighted by atomic mass is 10.4. The number of esters is 1. The number of carbonyl (C=O) groups excluding carboxylic acids is 1. The van der Waals surface area contributed by atoms with Crippen LogP contribution in [0.3, 0.4) is 0 Å². The van der Waals surface area contributed by atoms with Crippen molar-refractivity contribution in [3.05, 3.63) is 36.0 Å². The SMILES string of the molecule is COC(=O)c1cn(Cc2ccco2)nn1. The van der Waals surface area contributed by atoms with E-state index >= 15 is 0 Å². The van der Waals surface area contributed by atoms with Crippen LogP contribution in [-0.2, 0) is 11.3 Å². The molecule has 0 N–H and O–H groups in total. The molecule has 2 aromatic rings. The van der Waals surface area contributed by atoms with Crippen molar-refractivity contribution in [1.29, 1.82) is 0 Å². The number of ether oxygens (including phenoxy) is 1. The Bertz CT molecular complexity index is 447. The van der Waals surface area contributed by atoms with Crippen LogP contribution in [0.1, 0.15) is 16.2 Å². The van der Waals surface area contributed by atoms with Crippen LogP contribution in [0.5, 0.6) is 0 Å². The smallest absolute Gasteiger partial charge is 0.360 e. The van der Waals surface area contributed by atoms with Crippen molar-refractivity contribution in [3.8, 4) is 0 Å². The summed E-state index contributed by atoms with van der Waals surface area (Å²) in [5.41, 5.74) is 0.184. The highest BCUT2D eigenvalue weighted by Gasteiger charge is 2.10. The number of aromatic nitrogens is 3. The highest BCUT2D eigenvalue weighted by atomic mass is 16.5. The predicted octanol–water partition coefficient (Wildman–Crippen LogP) is 0.706. The van der Waals surface area contributed by atoms with Crippen LogP contribution in [-0.4, -0.2) is 28.1 Å². The normalized spacial score (nSPS) is 10.2. The van der Waals surface area contributed by atoms with Gasteiger partial charge in [-0.25, -0.2) is 9.48 Å². The van der Waals surface area contributed by atoms with Gasteiger partial charge in [0.15, 0.2) is 5.69 Å². The second kappa shape index (κ2) is 3.95. The van der Waals surface area contributed by atoms with Crippen LogP contribution in [0, 0.1) is 0 Å². The van der Waals surface area contributed by atoms with E-state index in [1.165, 1.54) is 18.0 Å². The van der Waals surface area contributed by atoms with Crippen molar-refractivity contribution in [3.63, 3.8) is 0 Å². The average molecular weight is 207 g/mol. The number of hydrogen-bond donors (Lipinski definition) is 0. The Balaban J connectivity index is 2.11. The molecule has 0 fully saturated rings. The van der Waals surface area contributed by atoms with E-state index in [0.717, 1.165) is 5.76 Å². The average Bonchev–Trinajstić information content (AvgIpc) is 2.88. The first-order chi connectivity index (χ1) is 7.29. The number of rotatable bonds is 3. The summed E-state index contributed by atoms with van der Waals surface area (Å²) in [5, 5.41) is 7.43. The molecule has 2 rings (SSSR count). The molecule has 0 saturated carbocycles. The van der Waals surface area contributed by atoms with Crippen LogP contribution in [0.15, 0.2) is 29.0 Å². The highest BCUT2D eigenvalue weighted by Crippen LogP contribution is 2.03. The molecule has 0 bridgehead atoms. The zero-order valence-corrected chi connectivity index (χ0v) is 8.08.